The van der Waals surface area contributed by atoms with E-state index in [1.807, 2.05) is 19.1 Å². The molecule has 0 saturated carbocycles. The molecule has 0 radical (unpaired) electrons. The van der Waals surface area contributed by atoms with E-state index in [-0.39, 0.29) is 18.4 Å². The van der Waals surface area contributed by atoms with Crippen LogP contribution in [0.4, 0.5) is 5.69 Å². The molecular weight excluding hydrogens is 368 g/mol. The third-order valence-electron chi connectivity index (χ3n) is 4.12. The summed E-state index contributed by atoms with van der Waals surface area (Å²) in [5, 5.41) is 3.39. The molecule has 2 rings (SSSR count). The first-order chi connectivity index (χ1) is 12.9. The van der Waals surface area contributed by atoms with Crippen molar-refractivity contribution in [3.63, 3.8) is 0 Å². The largest absolute Gasteiger partial charge is 0.496 e. The highest BCUT2D eigenvalue weighted by Crippen LogP contribution is 2.28. The summed E-state index contributed by atoms with van der Waals surface area (Å²) in [4.78, 5) is 26.2. The van der Waals surface area contributed by atoms with Crippen molar-refractivity contribution >= 4 is 29.1 Å². The number of rotatable bonds is 7. The SMILES string of the molecule is COc1cccc(OC)c1C(=O)NCCN(C(C)=O)c1ccc(C)c(Cl)c1. The molecule has 2 amide bonds. The van der Waals surface area contributed by atoms with Crippen LogP contribution >= 0.6 is 11.6 Å². The number of nitrogens with one attached hydrogen (secondary N) is 1. The monoisotopic (exact) mass is 390 g/mol. The average molecular weight is 391 g/mol. The Kier molecular flexibility index (Phi) is 7.07. The van der Waals surface area contributed by atoms with Gasteiger partial charge in [0.05, 0.1) is 14.2 Å². The number of nitrogens with zero attached hydrogens (tertiary/aromatic N) is 1. The van der Waals surface area contributed by atoms with E-state index in [4.69, 9.17) is 21.1 Å². The van der Waals surface area contributed by atoms with Crippen LogP contribution in [0.25, 0.3) is 0 Å². The number of aryl methyl sites for hydroxylation is 1. The molecule has 2 aromatic rings. The molecule has 0 aliphatic heterocycles. The van der Waals surface area contributed by atoms with Gasteiger partial charge in [-0.05, 0) is 36.8 Å². The number of carbonyl (C=O) groups is 2. The van der Waals surface area contributed by atoms with Crippen molar-refractivity contribution in [2.45, 2.75) is 13.8 Å². The number of hydrogen-bond acceptors (Lipinski definition) is 4. The van der Waals surface area contributed by atoms with Gasteiger partial charge in [-0.1, -0.05) is 23.7 Å². The zero-order valence-corrected chi connectivity index (χ0v) is 16.6. The Morgan fingerprint density at radius 2 is 1.74 bits per heavy atom. The van der Waals surface area contributed by atoms with Gasteiger partial charge in [-0.2, -0.15) is 0 Å². The molecule has 0 aliphatic rings. The van der Waals surface area contributed by atoms with Gasteiger partial charge in [0.25, 0.3) is 5.91 Å². The van der Waals surface area contributed by atoms with Gasteiger partial charge in [0.15, 0.2) is 0 Å². The van der Waals surface area contributed by atoms with Gasteiger partial charge in [-0.15, -0.1) is 0 Å². The van der Waals surface area contributed by atoms with Crippen molar-refractivity contribution < 1.29 is 19.1 Å². The summed E-state index contributed by atoms with van der Waals surface area (Å²) in [6.45, 7) is 3.92. The van der Waals surface area contributed by atoms with Crippen molar-refractivity contribution in [3.8, 4) is 11.5 Å². The zero-order chi connectivity index (χ0) is 20.0. The van der Waals surface area contributed by atoms with Crippen molar-refractivity contribution in [1.82, 2.24) is 5.32 Å². The minimum atomic E-state index is -0.338. The number of methoxy groups -OCH3 is 2. The summed E-state index contributed by atoms with van der Waals surface area (Å²) in [5.74, 6) is 0.356. The summed E-state index contributed by atoms with van der Waals surface area (Å²) >= 11 is 6.16. The van der Waals surface area contributed by atoms with Crippen LogP contribution in [-0.2, 0) is 4.79 Å². The van der Waals surface area contributed by atoms with Gasteiger partial charge >= 0.3 is 0 Å². The molecule has 7 heteroatoms. The number of benzene rings is 2. The highest BCUT2D eigenvalue weighted by atomic mass is 35.5. The highest BCUT2D eigenvalue weighted by molar-refractivity contribution is 6.31. The number of hydrogen-bond donors (Lipinski definition) is 1. The summed E-state index contributed by atoms with van der Waals surface area (Å²) in [5.41, 5.74) is 1.93. The number of ether oxygens (including phenoxy) is 2. The number of carbonyl (C=O) groups excluding carboxylic acids is 2. The van der Waals surface area contributed by atoms with Crippen LogP contribution in [0.1, 0.15) is 22.8 Å². The average Bonchev–Trinajstić information content (AvgIpc) is 2.66. The molecule has 27 heavy (non-hydrogen) atoms. The van der Waals surface area contributed by atoms with Crippen LogP contribution in [-0.4, -0.2) is 39.1 Å². The third kappa shape index (κ3) is 4.92. The van der Waals surface area contributed by atoms with E-state index in [0.717, 1.165) is 5.56 Å². The molecule has 2 aromatic carbocycles. The molecule has 0 bridgehead atoms. The maximum absolute atomic E-state index is 12.6. The van der Waals surface area contributed by atoms with E-state index in [0.29, 0.717) is 34.3 Å². The lowest BCUT2D eigenvalue weighted by Crippen LogP contribution is -2.37. The molecule has 0 fully saturated rings. The standard InChI is InChI=1S/C20H23ClN2O4/c1-13-8-9-15(12-16(13)21)23(14(2)24)11-10-22-20(25)19-17(26-3)6-5-7-18(19)27-4/h5-9,12H,10-11H2,1-4H3,(H,22,25). The molecule has 0 aromatic heterocycles. The van der Waals surface area contributed by atoms with Crippen molar-refractivity contribution in [2.24, 2.45) is 0 Å². The Labute approximate surface area is 164 Å². The maximum atomic E-state index is 12.6. The number of amides is 2. The Morgan fingerprint density at radius 1 is 1.11 bits per heavy atom. The number of halogens is 1. The topological polar surface area (TPSA) is 67.9 Å². The Bertz CT molecular complexity index is 816. The normalized spacial score (nSPS) is 10.3. The second-order valence-corrected chi connectivity index (χ2v) is 6.30. The van der Waals surface area contributed by atoms with Gasteiger partial charge in [-0.3, -0.25) is 9.59 Å². The highest BCUT2D eigenvalue weighted by Gasteiger charge is 2.19. The first-order valence-electron chi connectivity index (χ1n) is 8.42. The third-order valence-corrected chi connectivity index (χ3v) is 4.53. The molecule has 144 valence electrons. The molecule has 6 nitrogen and oxygen atoms in total. The molecule has 1 N–H and O–H groups in total. The molecule has 0 aliphatic carbocycles. The maximum Gasteiger partial charge on any atom is 0.258 e. The lowest BCUT2D eigenvalue weighted by atomic mass is 10.1. The summed E-state index contributed by atoms with van der Waals surface area (Å²) in [6, 6.07) is 10.5. The van der Waals surface area contributed by atoms with E-state index in [1.54, 1.807) is 29.2 Å². The predicted molar refractivity (Wildman–Crippen MR) is 106 cm³/mol. The fourth-order valence-electron chi connectivity index (χ4n) is 2.66. The first-order valence-corrected chi connectivity index (χ1v) is 8.80. The van der Waals surface area contributed by atoms with Crippen LogP contribution in [0.2, 0.25) is 5.02 Å². The van der Waals surface area contributed by atoms with Gasteiger partial charge in [0.1, 0.15) is 17.1 Å². The van der Waals surface area contributed by atoms with Gasteiger partial charge in [0, 0.05) is 30.7 Å². The molecule has 0 saturated heterocycles. The second-order valence-electron chi connectivity index (χ2n) is 5.90. The molecular formula is C20H23ClN2O4. The predicted octanol–water partition coefficient (Wildman–Crippen LogP) is 3.45. The summed E-state index contributed by atoms with van der Waals surface area (Å²) in [7, 11) is 2.98. The quantitative estimate of drug-likeness (QED) is 0.786. The molecule has 0 heterocycles. The molecule has 0 spiro atoms. The summed E-state index contributed by atoms with van der Waals surface area (Å²) < 4.78 is 10.5. The van der Waals surface area contributed by atoms with Gasteiger partial charge in [-0.25, -0.2) is 0 Å². The van der Waals surface area contributed by atoms with Crippen molar-refractivity contribution in [3.05, 3.63) is 52.5 Å². The fourth-order valence-corrected chi connectivity index (χ4v) is 2.84. The van der Waals surface area contributed by atoms with Crippen LogP contribution in [0.5, 0.6) is 11.5 Å². The first kappa shape index (κ1) is 20.6. The van der Waals surface area contributed by atoms with Crippen LogP contribution in [0.3, 0.4) is 0 Å². The van der Waals surface area contributed by atoms with Crippen LogP contribution in [0.15, 0.2) is 36.4 Å². The Balaban J connectivity index is 2.10. The van der Waals surface area contributed by atoms with Gasteiger partial charge < -0.3 is 19.7 Å². The van der Waals surface area contributed by atoms with E-state index < -0.39 is 0 Å². The van der Waals surface area contributed by atoms with E-state index in [9.17, 15) is 9.59 Å². The van der Waals surface area contributed by atoms with Crippen molar-refractivity contribution in [1.29, 1.82) is 0 Å². The fraction of sp³-hybridized carbons (Fsp3) is 0.300. The van der Waals surface area contributed by atoms with E-state index in [1.165, 1.54) is 21.1 Å². The second kappa shape index (κ2) is 9.28. The smallest absolute Gasteiger partial charge is 0.258 e. The Morgan fingerprint density at radius 3 is 2.26 bits per heavy atom. The zero-order valence-electron chi connectivity index (χ0n) is 15.8. The molecule has 0 unspecified atom stereocenters. The van der Waals surface area contributed by atoms with Crippen molar-refractivity contribution in [2.75, 3.05) is 32.2 Å². The minimum absolute atomic E-state index is 0.140. The number of anilines is 1. The van der Waals surface area contributed by atoms with Crippen LogP contribution in [0, 0.1) is 6.92 Å². The van der Waals surface area contributed by atoms with E-state index >= 15 is 0 Å². The Hall–Kier alpha value is -2.73. The molecule has 0 atom stereocenters. The summed E-state index contributed by atoms with van der Waals surface area (Å²) in [6.07, 6.45) is 0. The lowest BCUT2D eigenvalue weighted by molar-refractivity contribution is -0.116. The minimum Gasteiger partial charge on any atom is -0.496 e. The van der Waals surface area contributed by atoms with Crippen LogP contribution < -0.4 is 19.7 Å². The van der Waals surface area contributed by atoms with Gasteiger partial charge in [0.2, 0.25) is 5.91 Å². The lowest BCUT2D eigenvalue weighted by Gasteiger charge is -2.22. The van der Waals surface area contributed by atoms with E-state index in [2.05, 4.69) is 5.32 Å².